The Morgan fingerprint density at radius 2 is 1.82 bits per heavy atom. The van der Waals surface area contributed by atoms with Crippen molar-refractivity contribution in [1.29, 1.82) is 0 Å². The number of unbranched alkanes of at least 4 members (excludes halogenated alkanes) is 1. The van der Waals surface area contributed by atoms with Crippen molar-refractivity contribution < 1.29 is 17.9 Å². The van der Waals surface area contributed by atoms with Gasteiger partial charge in [-0.1, -0.05) is 31.5 Å². The van der Waals surface area contributed by atoms with E-state index >= 15 is 0 Å². The van der Waals surface area contributed by atoms with Crippen molar-refractivity contribution >= 4 is 21.6 Å². The number of sulfonamides is 1. The minimum Gasteiger partial charge on any atom is -0.495 e. The summed E-state index contributed by atoms with van der Waals surface area (Å²) in [6, 6.07) is 12.5. The van der Waals surface area contributed by atoms with Gasteiger partial charge in [0.25, 0.3) is 0 Å². The third-order valence-electron chi connectivity index (χ3n) is 4.43. The quantitative estimate of drug-likeness (QED) is 0.693. The number of benzene rings is 2. The molecule has 1 amide bonds. The Kier molecular flexibility index (Phi) is 7.60. The second-order valence-electron chi connectivity index (χ2n) is 6.76. The average molecular weight is 405 g/mol. The number of aryl methyl sites for hydroxylation is 2. The summed E-state index contributed by atoms with van der Waals surface area (Å²) in [5, 5.41) is 2.74. The van der Waals surface area contributed by atoms with Gasteiger partial charge in [0.05, 0.1) is 13.7 Å². The highest BCUT2D eigenvalue weighted by Gasteiger charge is 2.26. The largest absolute Gasteiger partial charge is 0.495 e. The fraction of sp³-hybridized carbons (Fsp3) is 0.381. The van der Waals surface area contributed by atoms with E-state index in [1.54, 1.807) is 19.1 Å². The van der Waals surface area contributed by atoms with E-state index in [4.69, 9.17) is 4.74 Å². The highest BCUT2D eigenvalue weighted by Crippen LogP contribution is 2.27. The number of methoxy groups -OCH3 is 1. The smallest absolute Gasteiger partial charge is 0.246 e. The number of hydrogen-bond acceptors (Lipinski definition) is 4. The van der Waals surface area contributed by atoms with Crippen molar-refractivity contribution in [3.63, 3.8) is 0 Å². The Morgan fingerprint density at radius 1 is 1.14 bits per heavy atom. The molecule has 0 radical (unpaired) electrons. The standard InChI is InChI=1S/C21H28N2O4S/c1-5-6-7-17-9-11-18(12-10-17)22-21(24)15-23(3)28(25,26)20-14-16(2)8-13-19(20)27-4/h8-14H,5-7,15H2,1-4H3,(H,22,24). The van der Waals surface area contributed by atoms with E-state index in [2.05, 4.69) is 12.2 Å². The molecule has 28 heavy (non-hydrogen) atoms. The van der Waals surface area contributed by atoms with Crippen molar-refractivity contribution in [3.05, 3.63) is 53.6 Å². The van der Waals surface area contributed by atoms with Gasteiger partial charge < -0.3 is 10.1 Å². The molecule has 1 N–H and O–H groups in total. The van der Waals surface area contributed by atoms with Crippen LogP contribution >= 0.6 is 0 Å². The molecule has 0 aliphatic rings. The van der Waals surface area contributed by atoms with E-state index < -0.39 is 15.9 Å². The molecule has 0 fully saturated rings. The van der Waals surface area contributed by atoms with Crippen LogP contribution in [0.4, 0.5) is 5.69 Å². The highest BCUT2D eigenvalue weighted by atomic mass is 32.2. The van der Waals surface area contributed by atoms with E-state index in [0.29, 0.717) is 5.69 Å². The van der Waals surface area contributed by atoms with Gasteiger partial charge >= 0.3 is 0 Å². The predicted molar refractivity (Wildman–Crippen MR) is 111 cm³/mol. The van der Waals surface area contributed by atoms with Gasteiger partial charge in [-0.3, -0.25) is 4.79 Å². The van der Waals surface area contributed by atoms with Crippen LogP contribution < -0.4 is 10.1 Å². The molecule has 0 aliphatic carbocycles. The second-order valence-corrected chi connectivity index (χ2v) is 8.78. The summed E-state index contributed by atoms with van der Waals surface area (Å²) in [7, 11) is -1.06. The number of nitrogens with one attached hydrogen (secondary N) is 1. The molecule has 2 rings (SSSR count). The zero-order chi connectivity index (χ0) is 20.7. The maximum Gasteiger partial charge on any atom is 0.246 e. The van der Waals surface area contributed by atoms with E-state index in [0.717, 1.165) is 29.1 Å². The first-order chi connectivity index (χ1) is 13.3. The van der Waals surface area contributed by atoms with Gasteiger partial charge in [0.1, 0.15) is 10.6 Å². The van der Waals surface area contributed by atoms with Crippen LogP contribution in [0.2, 0.25) is 0 Å². The number of anilines is 1. The van der Waals surface area contributed by atoms with Gasteiger partial charge in [-0.15, -0.1) is 0 Å². The molecule has 2 aromatic rings. The predicted octanol–water partition coefficient (Wildman–Crippen LogP) is 3.61. The lowest BCUT2D eigenvalue weighted by Gasteiger charge is -2.19. The minimum atomic E-state index is -3.86. The van der Waals surface area contributed by atoms with Crippen LogP contribution in [0.1, 0.15) is 30.9 Å². The van der Waals surface area contributed by atoms with Crippen molar-refractivity contribution in [2.24, 2.45) is 0 Å². The summed E-state index contributed by atoms with van der Waals surface area (Å²) in [6.07, 6.45) is 3.26. The number of carbonyl (C=O) groups is 1. The van der Waals surface area contributed by atoms with E-state index in [-0.39, 0.29) is 17.2 Å². The fourth-order valence-corrected chi connectivity index (χ4v) is 4.14. The third-order valence-corrected chi connectivity index (χ3v) is 6.25. The Balaban J connectivity index is 2.06. The van der Waals surface area contributed by atoms with E-state index in [1.165, 1.54) is 25.8 Å². The van der Waals surface area contributed by atoms with Gasteiger partial charge in [-0.2, -0.15) is 4.31 Å². The molecule has 6 nitrogen and oxygen atoms in total. The van der Waals surface area contributed by atoms with Crippen molar-refractivity contribution in [3.8, 4) is 5.75 Å². The highest BCUT2D eigenvalue weighted by molar-refractivity contribution is 7.89. The summed E-state index contributed by atoms with van der Waals surface area (Å²) < 4.78 is 31.9. The average Bonchev–Trinajstić information content (AvgIpc) is 2.67. The molecule has 0 saturated heterocycles. The van der Waals surface area contributed by atoms with Gasteiger partial charge in [0, 0.05) is 12.7 Å². The Morgan fingerprint density at radius 3 is 2.43 bits per heavy atom. The summed E-state index contributed by atoms with van der Waals surface area (Å²) in [6.45, 7) is 3.65. The Bertz CT molecular complexity index is 909. The molecule has 7 heteroatoms. The number of likely N-dealkylation sites (N-methyl/N-ethyl adjacent to an activating group) is 1. The first-order valence-electron chi connectivity index (χ1n) is 9.27. The molecule has 0 saturated carbocycles. The minimum absolute atomic E-state index is 0.0468. The molecule has 0 aromatic heterocycles. The summed E-state index contributed by atoms with van der Waals surface area (Å²) in [5.74, 6) is -0.153. The number of carbonyl (C=O) groups excluding carboxylic acids is 1. The van der Waals surface area contributed by atoms with Crippen molar-refractivity contribution in [2.45, 2.75) is 38.0 Å². The van der Waals surface area contributed by atoms with Crippen LogP contribution in [-0.4, -0.2) is 39.3 Å². The monoisotopic (exact) mass is 404 g/mol. The fourth-order valence-electron chi connectivity index (χ4n) is 2.78. The molecule has 0 atom stereocenters. The SMILES string of the molecule is CCCCc1ccc(NC(=O)CN(C)S(=O)(=O)c2cc(C)ccc2OC)cc1. The van der Waals surface area contributed by atoms with Crippen molar-refractivity contribution in [2.75, 3.05) is 26.0 Å². The van der Waals surface area contributed by atoms with Crippen LogP contribution in [0.5, 0.6) is 5.75 Å². The molecule has 0 unspecified atom stereocenters. The first-order valence-corrected chi connectivity index (χ1v) is 10.7. The first kappa shape index (κ1) is 21.9. The van der Waals surface area contributed by atoms with Gasteiger partial charge in [-0.25, -0.2) is 8.42 Å². The van der Waals surface area contributed by atoms with Gasteiger partial charge in [0.2, 0.25) is 15.9 Å². The van der Waals surface area contributed by atoms with Crippen LogP contribution in [0, 0.1) is 6.92 Å². The van der Waals surface area contributed by atoms with Crippen LogP contribution in [0.25, 0.3) is 0 Å². The topological polar surface area (TPSA) is 75.7 Å². The Labute approximate surface area is 167 Å². The molecule has 0 heterocycles. The zero-order valence-electron chi connectivity index (χ0n) is 16.9. The lowest BCUT2D eigenvalue weighted by Crippen LogP contribution is -2.35. The molecular weight excluding hydrogens is 376 g/mol. The second kappa shape index (κ2) is 9.71. The summed E-state index contributed by atoms with van der Waals surface area (Å²) in [5.41, 5.74) is 2.65. The number of rotatable bonds is 9. The Hall–Kier alpha value is -2.38. The summed E-state index contributed by atoms with van der Waals surface area (Å²) in [4.78, 5) is 12.4. The maximum atomic E-state index is 12.9. The lowest BCUT2D eigenvalue weighted by molar-refractivity contribution is -0.116. The number of nitrogens with zero attached hydrogens (tertiary/aromatic N) is 1. The summed E-state index contributed by atoms with van der Waals surface area (Å²) >= 11 is 0. The van der Waals surface area contributed by atoms with Crippen molar-refractivity contribution in [1.82, 2.24) is 4.31 Å². The van der Waals surface area contributed by atoms with E-state index in [9.17, 15) is 13.2 Å². The molecular formula is C21H28N2O4S. The zero-order valence-corrected chi connectivity index (χ0v) is 17.7. The maximum absolute atomic E-state index is 12.9. The van der Waals surface area contributed by atoms with Gasteiger partial charge in [-0.05, 0) is 55.2 Å². The molecule has 152 valence electrons. The van der Waals surface area contributed by atoms with E-state index in [1.807, 2.05) is 24.3 Å². The van der Waals surface area contributed by atoms with Crippen LogP contribution in [0.3, 0.4) is 0 Å². The lowest BCUT2D eigenvalue weighted by atomic mass is 10.1. The molecule has 0 aliphatic heterocycles. The number of hydrogen-bond donors (Lipinski definition) is 1. The van der Waals surface area contributed by atoms with Crippen LogP contribution in [0.15, 0.2) is 47.4 Å². The van der Waals surface area contributed by atoms with Crippen LogP contribution in [-0.2, 0) is 21.2 Å². The normalized spacial score (nSPS) is 11.5. The number of ether oxygens (including phenoxy) is 1. The molecule has 0 bridgehead atoms. The van der Waals surface area contributed by atoms with Gasteiger partial charge in [0.15, 0.2) is 0 Å². The number of amides is 1. The molecule has 0 spiro atoms. The molecule has 2 aromatic carbocycles. The third kappa shape index (κ3) is 5.56.